The molecule has 8 heteroatoms. The molecule has 0 aliphatic carbocycles. The lowest BCUT2D eigenvalue weighted by atomic mass is 10.1. The summed E-state index contributed by atoms with van der Waals surface area (Å²) in [5.74, 6) is 1.91. The molecule has 0 bridgehead atoms. The zero-order valence-corrected chi connectivity index (χ0v) is 14.6. The van der Waals surface area contributed by atoms with Crippen molar-refractivity contribution in [2.45, 2.75) is 52.0 Å². The molecule has 1 saturated heterocycles. The SMILES string of the molecule is Cc1cc(CN2C[C@@H](F)C[C@H]2CN(C)[C@H](C)c2nnc(C)o2)on1. The smallest absolute Gasteiger partial charge is 0.233 e. The van der Waals surface area contributed by atoms with E-state index in [-0.39, 0.29) is 12.1 Å². The van der Waals surface area contributed by atoms with Gasteiger partial charge < -0.3 is 8.94 Å². The van der Waals surface area contributed by atoms with Crippen LogP contribution < -0.4 is 0 Å². The summed E-state index contributed by atoms with van der Waals surface area (Å²) in [7, 11) is 1.99. The summed E-state index contributed by atoms with van der Waals surface area (Å²) >= 11 is 0. The maximum absolute atomic E-state index is 14.0. The predicted molar refractivity (Wildman–Crippen MR) is 85.0 cm³/mol. The van der Waals surface area contributed by atoms with Gasteiger partial charge >= 0.3 is 0 Å². The highest BCUT2D eigenvalue weighted by molar-refractivity contribution is 5.04. The molecule has 1 aliphatic heterocycles. The van der Waals surface area contributed by atoms with Crippen LogP contribution in [0.4, 0.5) is 4.39 Å². The van der Waals surface area contributed by atoms with E-state index in [9.17, 15) is 4.39 Å². The second-order valence-corrected chi connectivity index (χ2v) is 6.63. The topological polar surface area (TPSA) is 71.4 Å². The van der Waals surface area contributed by atoms with Gasteiger partial charge in [-0.3, -0.25) is 9.80 Å². The summed E-state index contributed by atoms with van der Waals surface area (Å²) in [6, 6.07) is 2.00. The minimum Gasteiger partial charge on any atom is -0.424 e. The number of aromatic nitrogens is 3. The summed E-state index contributed by atoms with van der Waals surface area (Å²) in [6.45, 7) is 7.39. The molecule has 3 heterocycles. The van der Waals surface area contributed by atoms with E-state index < -0.39 is 6.17 Å². The van der Waals surface area contributed by atoms with E-state index in [4.69, 9.17) is 8.94 Å². The van der Waals surface area contributed by atoms with Gasteiger partial charge in [0.15, 0.2) is 5.76 Å². The lowest BCUT2D eigenvalue weighted by molar-refractivity contribution is 0.139. The molecule has 24 heavy (non-hydrogen) atoms. The summed E-state index contributed by atoms with van der Waals surface area (Å²) in [4.78, 5) is 4.24. The fraction of sp³-hybridized carbons (Fsp3) is 0.688. The number of rotatable bonds is 6. The fourth-order valence-corrected chi connectivity index (χ4v) is 3.16. The molecular weight excluding hydrogens is 313 g/mol. The predicted octanol–water partition coefficient (Wildman–Crippen LogP) is 2.28. The third-order valence-electron chi connectivity index (χ3n) is 4.57. The Morgan fingerprint density at radius 1 is 1.42 bits per heavy atom. The molecule has 0 aromatic carbocycles. The van der Waals surface area contributed by atoms with Crippen LogP contribution in [0, 0.1) is 13.8 Å². The number of likely N-dealkylation sites (N-methyl/N-ethyl adjacent to an activating group) is 1. The molecule has 0 unspecified atom stereocenters. The first-order valence-corrected chi connectivity index (χ1v) is 8.23. The van der Waals surface area contributed by atoms with Crippen molar-refractivity contribution in [1.82, 2.24) is 25.2 Å². The normalized spacial score (nSPS) is 23.2. The van der Waals surface area contributed by atoms with Crippen molar-refractivity contribution in [2.75, 3.05) is 20.1 Å². The quantitative estimate of drug-likeness (QED) is 0.801. The maximum Gasteiger partial charge on any atom is 0.233 e. The van der Waals surface area contributed by atoms with Crippen molar-refractivity contribution in [3.05, 3.63) is 29.3 Å². The first-order chi connectivity index (χ1) is 11.4. The first kappa shape index (κ1) is 17.0. The number of aryl methyl sites for hydroxylation is 2. The van der Waals surface area contributed by atoms with Gasteiger partial charge in [-0.15, -0.1) is 10.2 Å². The van der Waals surface area contributed by atoms with E-state index in [0.29, 0.717) is 31.3 Å². The molecule has 3 atom stereocenters. The van der Waals surface area contributed by atoms with Crippen LogP contribution in [0.3, 0.4) is 0 Å². The molecule has 0 N–H and O–H groups in total. The number of nitrogens with zero attached hydrogens (tertiary/aromatic N) is 5. The van der Waals surface area contributed by atoms with Gasteiger partial charge in [-0.05, 0) is 27.3 Å². The van der Waals surface area contributed by atoms with Gasteiger partial charge in [0.25, 0.3) is 0 Å². The second kappa shape index (κ2) is 6.98. The van der Waals surface area contributed by atoms with E-state index in [1.165, 1.54) is 0 Å². The van der Waals surface area contributed by atoms with Crippen molar-refractivity contribution >= 4 is 0 Å². The molecule has 1 aliphatic rings. The van der Waals surface area contributed by atoms with E-state index in [2.05, 4.69) is 25.2 Å². The zero-order chi connectivity index (χ0) is 17.3. The minimum absolute atomic E-state index is 0.0146. The van der Waals surface area contributed by atoms with Gasteiger partial charge in [0.05, 0.1) is 18.3 Å². The molecule has 7 nitrogen and oxygen atoms in total. The second-order valence-electron chi connectivity index (χ2n) is 6.63. The van der Waals surface area contributed by atoms with Crippen molar-refractivity contribution < 1.29 is 13.3 Å². The van der Waals surface area contributed by atoms with Gasteiger partial charge in [-0.1, -0.05) is 5.16 Å². The van der Waals surface area contributed by atoms with Gasteiger partial charge in [0.2, 0.25) is 11.8 Å². The standard InChI is InChI=1S/C16H24FN5O2/c1-10-5-15(24-20-10)9-22-7-13(17)6-14(22)8-21(4)11(2)16-19-18-12(3)23-16/h5,11,13-14H,6-9H2,1-4H3/t11-,13+,14+/m1/s1. The Bertz CT molecular complexity index is 673. The van der Waals surface area contributed by atoms with Crippen LogP contribution in [0.5, 0.6) is 0 Å². The van der Waals surface area contributed by atoms with Crippen LogP contribution >= 0.6 is 0 Å². The molecular formula is C16H24FN5O2. The highest BCUT2D eigenvalue weighted by atomic mass is 19.1. The number of hydrogen-bond donors (Lipinski definition) is 0. The van der Waals surface area contributed by atoms with Crippen LogP contribution in [0.2, 0.25) is 0 Å². The molecule has 132 valence electrons. The molecule has 1 fully saturated rings. The van der Waals surface area contributed by atoms with Crippen molar-refractivity contribution in [2.24, 2.45) is 0 Å². The van der Waals surface area contributed by atoms with E-state index in [1.54, 1.807) is 6.92 Å². The Balaban J connectivity index is 1.63. The lowest BCUT2D eigenvalue weighted by Gasteiger charge is -2.29. The molecule has 2 aromatic heterocycles. The average molecular weight is 337 g/mol. The number of hydrogen-bond acceptors (Lipinski definition) is 7. The average Bonchev–Trinajstić information content (AvgIpc) is 3.21. The molecule has 2 aromatic rings. The van der Waals surface area contributed by atoms with Gasteiger partial charge in [-0.25, -0.2) is 4.39 Å². The number of likely N-dealkylation sites (tertiary alicyclic amines) is 1. The van der Waals surface area contributed by atoms with E-state index in [1.807, 2.05) is 27.0 Å². The third-order valence-corrected chi connectivity index (χ3v) is 4.57. The van der Waals surface area contributed by atoms with E-state index >= 15 is 0 Å². The molecule has 0 amide bonds. The third kappa shape index (κ3) is 3.81. The number of alkyl halides is 1. The Morgan fingerprint density at radius 3 is 2.83 bits per heavy atom. The highest BCUT2D eigenvalue weighted by Crippen LogP contribution is 2.26. The Kier molecular flexibility index (Phi) is 4.96. The van der Waals surface area contributed by atoms with Gasteiger partial charge in [-0.2, -0.15) is 0 Å². The molecule has 3 rings (SSSR count). The first-order valence-electron chi connectivity index (χ1n) is 8.23. The summed E-state index contributed by atoms with van der Waals surface area (Å²) in [6.07, 6.45) is -0.291. The van der Waals surface area contributed by atoms with Crippen LogP contribution in [0.15, 0.2) is 15.0 Å². The summed E-state index contributed by atoms with van der Waals surface area (Å²) < 4.78 is 24.7. The lowest BCUT2D eigenvalue weighted by Crippen LogP contribution is -2.39. The minimum atomic E-state index is -0.812. The van der Waals surface area contributed by atoms with Crippen molar-refractivity contribution in [1.29, 1.82) is 0 Å². The van der Waals surface area contributed by atoms with Crippen LogP contribution in [0.25, 0.3) is 0 Å². The molecule has 0 saturated carbocycles. The molecule has 0 spiro atoms. The summed E-state index contributed by atoms with van der Waals surface area (Å²) in [5.41, 5.74) is 0.843. The van der Waals surface area contributed by atoms with Crippen molar-refractivity contribution in [3.63, 3.8) is 0 Å². The Morgan fingerprint density at radius 2 is 2.21 bits per heavy atom. The largest absolute Gasteiger partial charge is 0.424 e. The van der Waals surface area contributed by atoms with Crippen LogP contribution in [0.1, 0.15) is 42.6 Å². The highest BCUT2D eigenvalue weighted by Gasteiger charge is 2.34. The summed E-state index contributed by atoms with van der Waals surface area (Å²) in [5, 5.41) is 11.9. The van der Waals surface area contributed by atoms with Crippen LogP contribution in [-0.4, -0.2) is 57.5 Å². The van der Waals surface area contributed by atoms with Crippen molar-refractivity contribution in [3.8, 4) is 0 Å². The Labute approximate surface area is 140 Å². The molecule has 0 radical (unpaired) electrons. The number of halogens is 1. The Hall–Kier alpha value is -1.80. The van der Waals surface area contributed by atoms with Gasteiger partial charge in [0, 0.05) is 32.1 Å². The van der Waals surface area contributed by atoms with E-state index in [0.717, 1.165) is 18.0 Å². The zero-order valence-electron chi connectivity index (χ0n) is 14.6. The monoisotopic (exact) mass is 337 g/mol. The van der Waals surface area contributed by atoms with Crippen LogP contribution in [-0.2, 0) is 6.54 Å². The maximum atomic E-state index is 14.0. The van der Waals surface area contributed by atoms with Gasteiger partial charge in [0.1, 0.15) is 6.17 Å². The fourth-order valence-electron chi connectivity index (χ4n) is 3.16.